The maximum atomic E-state index is 5.59. The van der Waals surface area contributed by atoms with Crippen molar-refractivity contribution in [2.24, 2.45) is 40.5 Å². The lowest BCUT2D eigenvalue weighted by molar-refractivity contribution is 0.138. The fourth-order valence-corrected chi connectivity index (χ4v) is 15.7. The predicted molar refractivity (Wildman–Crippen MR) is 306 cm³/mol. The Kier molecular flexibility index (Phi) is 15.8. The van der Waals surface area contributed by atoms with Gasteiger partial charge in [-0.1, -0.05) is 165 Å². The van der Waals surface area contributed by atoms with E-state index in [0.29, 0.717) is 35.8 Å². The molecule has 1 saturated heterocycles. The van der Waals surface area contributed by atoms with Gasteiger partial charge in [0, 0.05) is 17.5 Å². The number of benzene rings is 2. The average molecular weight is 974 g/mol. The van der Waals surface area contributed by atoms with Crippen molar-refractivity contribution in [1.82, 2.24) is 21.3 Å². The summed E-state index contributed by atoms with van der Waals surface area (Å²) < 4.78 is 0. The van der Waals surface area contributed by atoms with Crippen molar-refractivity contribution >= 4 is 11.3 Å². The topological polar surface area (TPSA) is 60.5 Å². The van der Waals surface area contributed by atoms with Gasteiger partial charge in [-0.2, -0.15) is 0 Å². The molecule has 5 nitrogen and oxygen atoms in total. The van der Waals surface area contributed by atoms with Gasteiger partial charge in [-0.15, -0.1) is 0 Å². The van der Waals surface area contributed by atoms with Crippen LogP contribution in [0.1, 0.15) is 189 Å². The molecule has 8 aliphatic carbocycles. The maximum absolute atomic E-state index is 5.59. The van der Waals surface area contributed by atoms with Crippen LogP contribution in [0.2, 0.25) is 0 Å². The molecule has 11 unspecified atom stereocenters. The van der Waals surface area contributed by atoms with E-state index in [1.165, 1.54) is 168 Å². The van der Waals surface area contributed by atoms with Gasteiger partial charge in [0.1, 0.15) is 6.17 Å². The number of hydrogen-bond acceptors (Lipinski definition) is 5. The molecule has 5 heteroatoms. The van der Waals surface area contributed by atoms with E-state index in [4.69, 9.17) is 11.6 Å². The van der Waals surface area contributed by atoms with E-state index >= 15 is 0 Å². The van der Waals surface area contributed by atoms with Crippen LogP contribution in [-0.2, 0) is 0 Å². The number of aliphatic imine (C=N–C) groups is 1. The Morgan fingerprint density at radius 2 is 1.32 bits per heavy atom. The third-order valence-electron chi connectivity index (χ3n) is 19.8. The van der Waals surface area contributed by atoms with Crippen LogP contribution in [0.15, 0.2) is 160 Å². The highest BCUT2D eigenvalue weighted by Crippen LogP contribution is 2.45. The fourth-order valence-electron chi connectivity index (χ4n) is 15.7. The predicted octanol–water partition coefficient (Wildman–Crippen LogP) is 15.9. The van der Waals surface area contributed by atoms with Crippen molar-refractivity contribution in [2.75, 3.05) is 0 Å². The molecule has 4 N–H and O–H groups in total. The van der Waals surface area contributed by atoms with E-state index in [2.05, 4.69) is 137 Å². The molecule has 0 bridgehead atoms. The molecule has 3 saturated carbocycles. The first kappa shape index (κ1) is 49.5. The molecule has 0 aromatic heterocycles. The van der Waals surface area contributed by atoms with Crippen molar-refractivity contribution in [3.8, 4) is 0 Å². The minimum Gasteiger partial charge on any atom is -0.284 e. The molecule has 2 heterocycles. The molecule has 12 rings (SSSR count). The third kappa shape index (κ3) is 11.4. The molecule has 384 valence electrons. The van der Waals surface area contributed by atoms with E-state index in [1.807, 2.05) is 0 Å². The minimum absolute atomic E-state index is 0.0657. The number of allylic oxidation sites excluding steroid dienone is 13. The van der Waals surface area contributed by atoms with Crippen LogP contribution in [-0.4, -0.2) is 30.4 Å². The van der Waals surface area contributed by atoms with Gasteiger partial charge in [-0.05, 0) is 203 Å². The number of hydrogen-bond donors (Lipinski definition) is 4. The number of rotatable bonds is 11. The van der Waals surface area contributed by atoms with Crippen molar-refractivity contribution < 1.29 is 0 Å². The summed E-state index contributed by atoms with van der Waals surface area (Å²) in [5.74, 6) is 4.14. The first-order valence-corrected chi connectivity index (χ1v) is 30.0. The average Bonchev–Trinajstić information content (AvgIpc) is 3.48. The van der Waals surface area contributed by atoms with Crippen molar-refractivity contribution in [1.29, 1.82) is 0 Å². The molecular weight excluding hydrogens is 887 g/mol. The van der Waals surface area contributed by atoms with Gasteiger partial charge in [0.2, 0.25) is 0 Å². The Labute approximate surface area is 440 Å². The van der Waals surface area contributed by atoms with Gasteiger partial charge in [-0.3, -0.25) is 26.3 Å². The zero-order valence-electron chi connectivity index (χ0n) is 44.2. The van der Waals surface area contributed by atoms with Crippen LogP contribution in [0.3, 0.4) is 0 Å². The molecule has 2 aliphatic heterocycles. The van der Waals surface area contributed by atoms with Gasteiger partial charge in [-0.25, -0.2) is 0 Å². The molecule has 4 fully saturated rings. The summed E-state index contributed by atoms with van der Waals surface area (Å²) in [4.78, 5) is 5.59. The van der Waals surface area contributed by atoms with Crippen molar-refractivity contribution in [2.45, 2.75) is 197 Å². The quantitative estimate of drug-likeness (QED) is 0.170. The summed E-state index contributed by atoms with van der Waals surface area (Å²) in [7, 11) is 0. The first-order chi connectivity index (χ1) is 36.1. The molecule has 0 amide bonds. The summed E-state index contributed by atoms with van der Waals surface area (Å²) >= 11 is 0. The highest BCUT2D eigenvalue weighted by atomic mass is 15.4. The highest BCUT2D eigenvalue weighted by molar-refractivity contribution is 6.03. The van der Waals surface area contributed by atoms with Crippen LogP contribution in [0, 0.1) is 35.5 Å². The molecule has 0 spiro atoms. The summed E-state index contributed by atoms with van der Waals surface area (Å²) in [6, 6.07) is 20.9. The lowest BCUT2D eigenvalue weighted by Crippen LogP contribution is -2.70. The zero-order chi connectivity index (χ0) is 48.9. The largest absolute Gasteiger partial charge is 0.284 e. The Morgan fingerprint density at radius 3 is 2.12 bits per heavy atom. The second kappa shape index (κ2) is 23.2. The van der Waals surface area contributed by atoms with E-state index in [1.54, 1.807) is 27.9 Å². The van der Waals surface area contributed by atoms with Crippen molar-refractivity contribution in [3.63, 3.8) is 0 Å². The van der Waals surface area contributed by atoms with E-state index in [0.717, 1.165) is 37.5 Å². The van der Waals surface area contributed by atoms with Crippen LogP contribution < -0.4 is 21.3 Å². The summed E-state index contributed by atoms with van der Waals surface area (Å²) in [6.07, 6.45) is 57.4. The van der Waals surface area contributed by atoms with E-state index in [9.17, 15) is 0 Å². The monoisotopic (exact) mass is 974 g/mol. The molecule has 2 aromatic carbocycles. The highest BCUT2D eigenvalue weighted by Gasteiger charge is 2.40. The number of nitrogens with zero attached hydrogens (tertiary/aromatic N) is 1. The van der Waals surface area contributed by atoms with Crippen LogP contribution in [0.25, 0.3) is 5.57 Å². The smallest absolute Gasteiger partial charge is 0.107 e. The van der Waals surface area contributed by atoms with Crippen LogP contribution in [0.4, 0.5) is 0 Å². The molecule has 11 atom stereocenters. The molecular formula is C68H87N5. The van der Waals surface area contributed by atoms with Crippen LogP contribution >= 0.6 is 0 Å². The second-order valence-electron chi connectivity index (χ2n) is 24.4. The van der Waals surface area contributed by atoms with Crippen molar-refractivity contribution in [3.05, 3.63) is 172 Å². The lowest BCUT2D eigenvalue weighted by atomic mass is 9.72. The lowest BCUT2D eigenvalue weighted by Gasteiger charge is -2.46. The SMILES string of the molecule is C=C1C(C2CCCCC2)=NC(C2C=CCC(c3cccc(C4=CC(C5CCCC(C6NC(C7=CCCCC7)NC(C7=CC=C(C8CCCC(C9=CC=CCC9)C8)CC7)N6)C5)=CCC4)c3)C2)NC1c1ccccc1. The fraction of sp³-hybridized carbons (Fsp3) is 0.544. The number of nitrogens with one attached hydrogen (secondary N) is 4. The minimum atomic E-state index is 0.0657. The van der Waals surface area contributed by atoms with Gasteiger partial charge in [0.05, 0.1) is 24.5 Å². The van der Waals surface area contributed by atoms with E-state index < -0.39 is 0 Å². The van der Waals surface area contributed by atoms with Gasteiger partial charge < -0.3 is 0 Å². The third-order valence-corrected chi connectivity index (χ3v) is 19.8. The maximum Gasteiger partial charge on any atom is 0.107 e. The summed E-state index contributed by atoms with van der Waals surface area (Å²) in [5.41, 5.74) is 16.5. The molecule has 10 aliphatic rings. The van der Waals surface area contributed by atoms with Crippen LogP contribution in [0.5, 0.6) is 0 Å². The Morgan fingerprint density at radius 1 is 0.534 bits per heavy atom. The zero-order valence-corrected chi connectivity index (χ0v) is 44.2. The van der Waals surface area contributed by atoms with Gasteiger partial charge >= 0.3 is 0 Å². The second-order valence-corrected chi connectivity index (χ2v) is 24.4. The molecule has 73 heavy (non-hydrogen) atoms. The molecule has 2 aromatic rings. The first-order valence-electron chi connectivity index (χ1n) is 30.0. The van der Waals surface area contributed by atoms with Gasteiger partial charge in [0.25, 0.3) is 0 Å². The standard InChI is InChI=1S/C68H87N5/c1-46-63(49-21-8-3-9-22-49)69-67(70-64(46)50-23-10-4-11-24-50)61-35-17-33-59(44-61)57-31-15-29-55(42-57)56-30-16-32-58(43-56)60-34-18-36-62(45-60)68-72-65(51-25-12-5-13-26-51)71-66(73-68)52-39-37-48(38-40-52)54-28-14-27-53(41-54)47-19-6-2-7-20-47/h2-3,6,8-9,15,17,19,21-22,25,29,31-32,35,37,39,42-43,50,53-54,59-63,65-69,71-73H,1,4-5,7,10-14,16,18,20,23-24,26-28,30,33-34,36,38,40-41,44-45H2. The Bertz CT molecular complexity index is 2570. The van der Waals surface area contributed by atoms with E-state index in [-0.39, 0.29) is 24.5 Å². The Hall–Kier alpha value is -4.39. The summed E-state index contributed by atoms with van der Waals surface area (Å²) in [5, 5.41) is 16.6. The Balaban J connectivity index is 0.722. The molecule has 0 radical (unpaired) electrons. The van der Waals surface area contributed by atoms with Gasteiger partial charge in [0.15, 0.2) is 0 Å². The normalized spacial score (nSPS) is 34.7. The summed E-state index contributed by atoms with van der Waals surface area (Å²) in [6.45, 7) is 4.71.